The summed E-state index contributed by atoms with van der Waals surface area (Å²) in [5, 5.41) is 0. The average molecular weight is 226 g/mol. The summed E-state index contributed by atoms with van der Waals surface area (Å²) in [7, 11) is 0. The molecule has 0 aliphatic heterocycles. The summed E-state index contributed by atoms with van der Waals surface area (Å²) in [6, 6.07) is 0. The van der Waals surface area contributed by atoms with Crippen molar-refractivity contribution in [3.05, 3.63) is 24.6 Å². The van der Waals surface area contributed by atoms with E-state index < -0.39 is 18.0 Å². The molecule has 0 aliphatic rings. The van der Waals surface area contributed by atoms with Crippen LogP contribution >= 0.6 is 0 Å². The number of ether oxygens (including phenoxy) is 1. The highest BCUT2D eigenvalue weighted by atomic mass is 19.4. The monoisotopic (exact) mass is 226 g/mol. The molecule has 2 nitrogen and oxygen atoms in total. The Morgan fingerprint density at radius 1 is 1.40 bits per heavy atom. The predicted octanol–water partition coefficient (Wildman–Crippen LogP) is 2.91. The highest BCUT2D eigenvalue weighted by Gasteiger charge is 2.33. The Balaban J connectivity index is 3.71. The first-order valence-electron chi connectivity index (χ1n) is 4.10. The summed E-state index contributed by atoms with van der Waals surface area (Å²) in [5.41, 5.74) is 0. The fraction of sp³-hybridized carbons (Fsp3) is 0.444. The van der Waals surface area contributed by atoms with Gasteiger partial charge >= 0.3 is 12.1 Å². The molecule has 0 fully saturated rings. The van der Waals surface area contributed by atoms with Gasteiger partial charge in [-0.3, -0.25) is 0 Å². The smallest absolute Gasteiger partial charge is 0.442 e. The van der Waals surface area contributed by atoms with Gasteiger partial charge in [0.25, 0.3) is 0 Å². The standard InChI is InChI=1S/C9H10F4O2/c1-2-8(14)15-6-4-3-5-7(10)9(11,12)13/h2,5H,1,3-4,6H2. The number of carbonyl (C=O) groups excluding carboxylic acids is 1. The molecule has 6 heteroatoms. The molecule has 0 saturated heterocycles. The first-order chi connectivity index (χ1) is 6.88. The van der Waals surface area contributed by atoms with Crippen LogP contribution in [0.2, 0.25) is 0 Å². The maximum Gasteiger partial charge on any atom is 0.442 e. The number of halogens is 4. The lowest BCUT2D eigenvalue weighted by atomic mass is 10.3. The SMILES string of the molecule is C=CC(=O)OCCCC=C(F)C(F)(F)F. The van der Waals surface area contributed by atoms with Gasteiger partial charge in [0, 0.05) is 6.08 Å². The molecule has 0 saturated carbocycles. The van der Waals surface area contributed by atoms with E-state index in [4.69, 9.17) is 0 Å². The average Bonchev–Trinajstić information content (AvgIpc) is 2.15. The minimum atomic E-state index is -4.93. The molecule has 0 N–H and O–H groups in total. The van der Waals surface area contributed by atoms with Crippen LogP contribution in [0.15, 0.2) is 24.6 Å². The predicted molar refractivity (Wildman–Crippen MR) is 45.6 cm³/mol. The van der Waals surface area contributed by atoms with Gasteiger partial charge in [0.1, 0.15) is 0 Å². The Labute approximate surface area is 84.2 Å². The third-order valence-electron chi connectivity index (χ3n) is 1.35. The second-order valence-corrected chi connectivity index (χ2v) is 2.56. The number of allylic oxidation sites excluding steroid dienone is 2. The molecular formula is C9H10F4O2. The molecule has 0 rings (SSSR count). The number of alkyl halides is 3. The summed E-state index contributed by atoms with van der Waals surface area (Å²) in [6.45, 7) is 3.06. The summed E-state index contributed by atoms with van der Waals surface area (Å²) in [4.78, 5) is 10.5. The van der Waals surface area contributed by atoms with E-state index in [2.05, 4.69) is 11.3 Å². The van der Waals surface area contributed by atoms with Gasteiger partial charge in [-0.1, -0.05) is 6.58 Å². The lowest BCUT2D eigenvalue weighted by Crippen LogP contribution is -2.08. The van der Waals surface area contributed by atoms with Gasteiger partial charge < -0.3 is 4.74 Å². The molecule has 15 heavy (non-hydrogen) atoms. The minimum absolute atomic E-state index is 0.0630. The summed E-state index contributed by atoms with van der Waals surface area (Å²) in [6.07, 6.45) is -3.59. The van der Waals surface area contributed by atoms with Crippen molar-refractivity contribution < 1.29 is 27.1 Å². The van der Waals surface area contributed by atoms with E-state index in [-0.39, 0.29) is 19.4 Å². The van der Waals surface area contributed by atoms with Crippen LogP contribution in [0.25, 0.3) is 0 Å². The summed E-state index contributed by atoms with van der Waals surface area (Å²) >= 11 is 0. The van der Waals surface area contributed by atoms with Crippen molar-refractivity contribution in [3.8, 4) is 0 Å². The van der Waals surface area contributed by atoms with Crippen LogP contribution in [0.1, 0.15) is 12.8 Å². The Morgan fingerprint density at radius 2 is 2.00 bits per heavy atom. The van der Waals surface area contributed by atoms with E-state index in [1.807, 2.05) is 0 Å². The molecule has 0 atom stereocenters. The molecule has 0 spiro atoms. The first-order valence-corrected chi connectivity index (χ1v) is 4.10. The zero-order chi connectivity index (χ0) is 11.9. The molecular weight excluding hydrogens is 216 g/mol. The van der Waals surface area contributed by atoms with Crippen LogP contribution < -0.4 is 0 Å². The molecule has 0 aliphatic carbocycles. The van der Waals surface area contributed by atoms with Crippen LogP contribution in [-0.2, 0) is 9.53 Å². The van der Waals surface area contributed by atoms with Gasteiger partial charge in [0.15, 0.2) is 5.83 Å². The maximum atomic E-state index is 12.2. The molecule has 0 aromatic heterocycles. The molecule has 0 bridgehead atoms. The van der Waals surface area contributed by atoms with Crippen molar-refractivity contribution in [1.82, 2.24) is 0 Å². The second-order valence-electron chi connectivity index (χ2n) is 2.56. The highest BCUT2D eigenvalue weighted by Crippen LogP contribution is 2.26. The zero-order valence-corrected chi connectivity index (χ0v) is 7.81. The van der Waals surface area contributed by atoms with Gasteiger partial charge in [0.05, 0.1) is 6.61 Å². The minimum Gasteiger partial charge on any atom is -0.463 e. The maximum absolute atomic E-state index is 12.2. The summed E-state index contributed by atoms with van der Waals surface area (Å²) in [5.74, 6) is -2.78. The van der Waals surface area contributed by atoms with E-state index in [9.17, 15) is 22.4 Å². The number of hydrogen-bond donors (Lipinski definition) is 0. The highest BCUT2D eigenvalue weighted by molar-refractivity contribution is 5.81. The number of hydrogen-bond acceptors (Lipinski definition) is 2. The van der Waals surface area contributed by atoms with E-state index in [0.717, 1.165) is 6.08 Å². The van der Waals surface area contributed by atoms with Crippen LogP contribution in [-0.4, -0.2) is 18.8 Å². The van der Waals surface area contributed by atoms with E-state index in [1.54, 1.807) is 0 Å². The topological polar surface area (TPSA) is 26.3 Å². The number of unbranched alkanes of at least 4 members (excludes halogenated alkanes) is 1. The lowest BCUT2D eigenvalue weighted by molar-refractivity contribution is -0.137. The van der Waals surface area contributed by atoms with Gasteiger partial charge in [-0.15, -0.1) is 0 Å². The normalized spacial score (nSPS) is 12.4. The van der Waals surface area contributed by atoms with Crippen molar-refractivity contribution >= 4 is 5.97 Å². The Kier molecular flexibility index (Phi) is 5.66. The van der Waals surface area contributed by atoms with Crippen molar-refractivity contribution in [2.75, 3.05) is 6.61 Å². The zero-order valence-electron chi connectivity index (χ0n) is 7.81. The fourth-order valence-corrected chi connectivity index (χ4v) is 0.660. The van der Waals surface area contributed by atoms with Crippen molar-refractivity contribution in [1.29, 1.82) is 0 Å². The van der Waals surface area contributed by atoms with E-state index in [0.29, 0.717) is 6.08 Å². The van der Waals surface area contributed by atoms with Crippen LogP contribution in [0.3, 0.4) is 0 Å². The molecule has 0 aromatic rings. The second kappa shape index (κ2) is 6.21. The summed E-state index contributed by atoms with van der Waals surface area (Å²) < 4.78 is 51.4. The quantitative estimate of drug-likeness (QED) is 0.312. The van der Waals surface area contributed by atoms with Crippen molar-refractivity contribution in [2.45, 2.75) is 19.0 Å². The third-order valence-corrected chi connectivity index (χ3v) is 1.35. The van der Waals surface area contributed by atoms with Crippen LogP contribution in [0, 0.1) is 0 Å². The van der Waals surface area contributed by atoms with Gasteiger partial charge in [-0.05, 0) is 18.9 Å². The molecule has 0 unspecified atom stereocenters. The van der Waals surface area contributed by atoms with Crippen LogP contribution in [0.4, 0.5) is 17.6 Å². The lowest BCUT2D eigenvalue weighted by Gasteiger charge is -2.02. The van der Waals surface area contributed by atoms with Crippen molar-refractivity contribution in [3.63, 3.8) is 0 Å². The largest absolute Gasteiger partial charge is 0.463 e. The molecule has 0 heterocycles. The number of rotatable bonds is 5. The van der Waals surface area contributed by atoms with Gasteiger partial charge in [-0.25, -0.2) is 9.18 Å². The third kappa shape index (κ3) is 6.70. The Hall–Kier alpha value is -1.33. The Bertz CT molecular complexity index is 255. The first kappa shape index (κ1) is 13.7. The molecule has 0 aromatic carbocycles. The van der Waals surface area contributed by atoms with E-state index >= 15 is 0 Å². The number of esters is 1. The molecule has 0 radical (unpaired) electrons. The molecule has 86 valence electrons. The van der Waals surface area contributed by atoms with E-state index in [1.165, 1.54) is 0 Å². The Morgan fingerprint density at radius 3 is 2.47 bits per heavy atom. The molecule has 0 amide bonds. The van der Waals surface area contributed by atoms with Crippen molar-refractivity contribution in [2.24, 2.45) is 0 Å². The number of carbonyl (C=O) groups is 1. The fourth-order valence-electron chi connectivity index (χ4n) is 0.660. The van der Waals surface area contributed by atoms with Crippen LogP contribution in [0.5, 0.6) is 0 Å². The van der Waals surface area contributed by atoms with Gasteiger partial charge in [0.2, 0.25) is 0 Å². The van der Waals surface area contributed by atoms with Gasteiger partial charge in [-0.2, -0.15) is 13.2 Å².